The number of esters is 1. The standard InChI is InChI=1S/C28H27Br2N3O4/c1-6-21-23(29)13-19(14-24(21)30)28(36)37-15-25(34)22-12-16(2)32(17(22)3)26-18(4)31(5)33(27(26)35)20-10-8-7-9-11-20/h7-14H,6,15H2,1-5H3. The Labute approximate surface area is 231 Å². The fourth-order valence-corrected chi connectivity index (χ4v) is 6.30. The van der Waals surface area contributed by atoms with Crippen molar-refractivity contribution in [3.63, 3.8) is 0 Å². The summed E-state index contributed by atoms with van der Waals surface area (Å²) in [6, 6.07) is 14.5. The van der Waals surface area contributed by atoms with Crippen molar-refractivity contribution in [3.8, 4) is 11.4 Å². The highest BCUT2D eigenvalue weighted by Crippen LogP contribution is 2.28. The predicted octanol–water partition coefficient (Wildman–Crippen LogP) is 6.02. The van der Waals surface area contributed by atoms with E-state index >= 15 is 0 Å². The van der Waals surface area contributed by atoms with Crippen LogP contribution in [0.5, 0.6) is 0 Å². The number of carbonyl (C=O) groups excluding carboxylic acids is 2. The number of carbonyl (C=O) groups is 2. The number of hydrogen-bond donors (Lipinski definition) is 0. The van der Waals surface area contributed by atoms with Crippen molar-refractivity contribution in [2.45, 2.75) is 34.1 Å². The van der Waals surface area contributed by atoms with Gasteiger partial charge in [0.25, 0.3) is 5.56 Å². The maximum atomic E-state index is 13.5. The molecule has 0 saturated heterocycles. The average Bonchev–Trinajstić information content (AvgIpc) is 3.27. The fraction of sp³-hybridized carbons (Fsp3) is 0.250. The minimum atomic E-state index is -0.587. The second kappa shape index (κ2) is 10.7. The Kier molecular flexibility index (Phi) is 7.75. The number of ketones is 1. The Morgan fingerprint density at radius 1 is 0.946 bits per heavy atom. The van der Waals surface area contributed by atoms with E-state index < -0.39 is 12.6 Å². The molecular weight excluding hydrogens is 602 g/mol. The lowest BCUT2D eigenvalue weighted by Crippen LogP contribution is -2.22. The third-order valence-corrected chi connectivity index (χ3v) is 7.96. The summed E-state index contributed by atoms with van der Waals surface area (Å²) in [7, 11) is 1.83. The summed E-state index contributed by atoms with van der Waals surface area (Å²) in [5.41, 5.74) is 4.94. The molecule has 0 radical (unpaired) electrons. The molecule has 0 bridgehead atoms. The van der Waals surface area contributed by atoms with Crippen LogP contribution in [-0.2, 0) is 18.2 Å². The van der Waals surface area contributed by atoms with Gasteiger partial charge in [0.05, 0.1) is 16.9 Å². The molecule has 0 aliphatic carbocycles. The van der Waals surface area contributed by atoms with E-state index in [9.17, 15) is 14.4 Å². The number of halogens is 2. The zero-order valence-corrected chi connectivity index (χ0v) is 24.4. The smallest absolute Gasteiger partial charge is 0.338 e. The first-order valence-corrected chi connectivity index (χ1v) is 13.4. The van der Waals surface area contributed by atoms with Crippen molar-refractivity contribution in [1.82, 2.24) is 13.9 Å². The summed E-state index contributed by atoms with van der Waals surface area (Å²) in [4.78, 5) is 39.3. The first kappa shape index (κ1) is 26.9. The Balaban J connectivity index is 1.62. The molecule has 4 rings (SSSR count). The average molecular weight is 629 g/mol. The number of nitrogens with zero attached hydrogens (tertiary/aromatic N) is 3. The molecule has 2 aromatic carbocycles. The van der Waals surface area contributed by atoms with Crippen LogP contribution in [0.3, 0.4) is 0 Å². The SMILES string of the molecule is CCc1c(Br)cc(C(=O)OCC(=O)c2cc(C)n(-c3c(C)n(C)n(-c4ccccc4)c3=O)c2C)cc1Br. The third-order valence-electron chi connectivity index (χ3n) is 6.54. The van der Waals surface area contributed by atoms with E-state index in [1.807, 2.05) is 58.2 Å². The molecule has 0 aliphatic rings. The van der Waals surface area contributed by atoms with Crippen LogP contribution >= 0.6 is 31.9 Å². The van der Waals surface area contributed by atoms with Crippen molar-refractivity contribution >= 4 is 43.6 Å². The first-order valence-electron chi connectivity index (χ1n) is 11.8. The number of aromatic nitrogens is 3. The molecule has 0 N–H and O–H groups in total. The van der Waals surface area contributed by atoms with Gasteiger partial charge < -0.3 is 9.30 Å². The topological polar surface area (TPSA) is 75.2 Å². The Hall–Kier alpha value is -3.17. The lowest BCUT2D eigenvalue weighted by molar-refractivity contribution is 0.0474. The fourth-order valence-electron chi connectivity index (χ4n) is 4.55. The van der Waals surface area contributed by atoms with Gasteiger partial charge in [-0.25, -0.2) is 9.48 Å². The molecule has 0 saturated carbocycles. The van der Waals surface area contributed by atoms with Crippen molar-refractivity contribution in [1.29, 1.82) is 0 Å². The van der Waals surface area contributed by atoms with Gasteiger partial charge in [-0.15, -0.1) is 0 Å². The number of aryl methyl sites for hydroxylation is 1. The molecule has 0 amide bonds. The Morgan fingerprint density at radius 3 is 2.16 bits per heavy atom. The highest BCUT2D eigenvalue weighted by Gasteiger charge is 2.24. The van der Waals surface area contributed by atoms with E-state index in [0.29, 0.717) is 22.5 Å². The van der Waals surface area contributed by atoms with Gasteiger partial charge >= 0.3 is 5.97 Å². The van der Waals surface area contributed by atoms with Crippen molar-refractivity contribution in [3.05, 3.63) is 102 Å². The molecule has 4 aromatic rings. The minimum Gasteiger partial charge on any atom is -0.454 e. The second-order valence-electron chi connectivity index (χ2n) is 8.80. The second-order valence-corrected chi connectivity index (χ2v) is 10.5. The van der Waals surface area contributed by atoms with Gasteiger partial charge in [-0.3, -0.25) is 14.3 Å². The largest absolute Gasteiger partial charge is 0.454 e. The number of benzene rings is 2. The van der Waals surface area contributed by atoms with E-state index in [1.54, 1.807) is 39.1 Å². The van der Waals surface area contributed by atoms with E-state index in [4.69, 9.17) is 4.74 Å². The maximum absolute atomic E-state index is 13.5. The van der Waals surface area contributed by atoms with Crippen LogP contribution in [0.25, 0.3) is 11.4 Å². The number of Topliss-reactive ketones (excluding diaryl/α,β-unsaturated/α-hetero) is 1. The molecule has 7 nitrogen and oxygen atoms in total. The molecule has 0 atom stereocenters. The van der Waals surface area contributed by atoms with Crippen molar-refractivity contribution < 1.29 is 14.3 Å². The zero-order valence-electron chi connectivity index (χ0n) is 21.3. The van der Waals surface area contributed by atoms with Gasteiger partial charge in [0.15, 0.2) is 6.61 Å². The van der Waals surface area contributed by atoms with Gasteiger partial charge in [0.2, 0.25) is 5.78 Å². The zero-order chi connectivity index (χ0) is 27.0. The molecule has 37 heavy (non-hydrogen) atoms. The monoisotopic (exact) mass is 627 g/mol. The molecular formula is C28H27Br2N3O4. The van der Waals surface area contributed by atoms with Crippen LogP contribution in [0.4, 0.5) is 0 Å². The molecule has 0 spiro atoms. The first-order chi connectivity index (χ1) is 17.6. The van der Waals surface area contributed by atoms with Gasteiger partial charge in [0.1, 0.15) is 5.69 Å². The number of ether oxygens (including phenoxy) is 1. The maximum Gasteiger partial charge on any atom is 0.338 e. The normalized spacial score (nSPS) is 11.1. The molecule has 0 fully saturated rings. The molecule has 0 unspecified atom stereocenters. The highest BCUT2D eigenvalue weighted by molar-refractivity contribution is 9.11. The van der Waals surface area contributed by atoms with Crippen LogP contribution in [0, 0.1) is 20.8 Å². The van der Waals surface area contributed by atoms with Gasteiger partial charge in [-0.2, -0.15) is 0 Å². The highest BCUT2D eigenvalue weighted by atomic mass is 79.9. The van der Waals surface area contributed by atoms with Crippen LogP contribution in [0.1, 0.15) is 50.3 Å². The summed E-state index contributed by atoms with van der Waals surface area (Å²) >= 11 is 6.96. The van der Waals surface area contributed by atoms with Gasteiger partial charge in [-0.05, 0) is 63.1 Å². The minimum absolute atomic E-state index is 0.190. The molecule has 2 aromatic heterocycles. The van der Waals surface area contributed by atoms with Crippen LogP contribution in [0.15, 0.2) is 62.3 Å². The van der Waals surface area contributed by atoms with E-state index in [2.05, 4.69) is 31.9 Å². The van der Waals surface area contributed by atoms with Gasteiger partial charge in [0, 0.05) is 32.9 Å². The predicted molar refractivity (Wildman–Crippen MR) is 150 cm³/mol. The summed E-state index contributed by atoms with van der Waals surface area (Å²) in [5.74, 6) is -0.927. The molecule has 2 heterocycles. The Morgan fingerprint density at radius 2 is 1.57 bits per heavy atom. The van der Waals surface area contributed by atoms with Crippen molar-refractivity contribution in [2.75, 3.05) is 6.61 Å². The van der Waals surface area contributed by atoms with Crippen LogP contribution < -0.4 is 5.56 Å². The lowest BCUT2D eigenvalue weighted by Gasteiger charge is -2.10. The summed E-state index contributed by atoms with van der Waals surface area (Å²) in [6.45, 7) is 7.12. The quantitative estimate of drug-likeness (QED) is 0.185. The number of hydrogen-bond acceptors (Lipinski definition) is 4. The van der Waals surface area contributed by atoms with E-state index in [-0.39, 0.29) is 11.3 Å². The Bertz CT molecular complexity index is 1560. The van der Waals surface area contributed by atoms with Crippen molar-refractivity contribution in [2.24, 2.45) is 7.05 Å². The summed E-state index contributed by atoms with van der Waals surface area (Å²) in [5, 5.41) is 0. The molecule has 9 heteroatoms. The molecule has 0 aliphatic heterocycles. The van der Waals surface area contributed by atoms with Gasteiger partial charge in [-0.1, -0.05) is 57.0 Å². The molecule has 192 valence electrons. The lowest BCUT2D eigenvalue weighted by atomic mass is 10.1. The number of para-hydroxylation sites is 1. The van der Waals surface area contributed by atoms with E-state index in [0.717, 1.165) is 38.0 Å². The summed E-state index contributed by atoms with van der Waals surface area (Å²) < 4.78 is 12.2. The van der Waals surface area contributed by atoms with Crippen LogP contribution in [0.2, 0.25) is 0 Å². The summed E-state index contributed by atoms with van der Waals surface area (Å²) in [6.07, 6.45) is 0.794. The number of rotatable bonds is 7. The third kappa shape index (κ3) is 4.90. The van der Waals surface area contributed by atoms with E-state index in [1.165, 1.54) is 0 Å². The van der Waals surface area contributed by atoms with Crippen LogP contribution in [-0.4, -0.2) is 32.3 Å².